The molecular formula is C26H29F2N5O3. The van der Waals surface area contributed by atoms with Crippen molar-refractivity contribution >= 4 is 21.9 Å². The number of fused-ring (bicyclic) bond motifs is 3. The van der Waals surface area contributed by atoms with Gasteiger partial charge < -0.3 is 14.4 Å². The fraction of sp³-hybridized carbons (Fsp3) is 0.423. The number of imidazole rings is 1. The van der Waals surface area contributed by atoms with E-state index in [4.69, 9.17) is 9.47 Å². The van der Waals surface area contributed by atoms with Crippen molar-refractivity contribution in [3.05, 3.63) is 52.7 Å². The van der Waals surface area contributed by atoms with Crippen LogP contribution in [-0.2, 0) is 11.8 Å². The van der Waals surface area contributed by atoms with Gasteiger partial charge in [0.05, 0.1) is 42.0 Å². The first-order chi connectivity index (χ1) is 17.3. The van der Waals surface area contributed by atoms with E-state index in [9.17, 15) is 4.79 Å². The second-order valence-electron chi connectivity index (χ2n) is 9.42. The third-order valence-electron chi connectivity index (χ3n) is 6.62. The van der Waals surface area contributed by atoms with Crippen molar-refractivity contribution in [3.63, 3.8) is 0 Å². The van der Waals surface area contributed by atoms with Crippen molar-refractivity contribution in [2.24, 2.45) is 7.05 Å². The largest absolute Gasteiger partial charge is 0.478 e. The summed E-state index contributed by atoms with van der Waals surface area (Å²) in [6.45, 7) is 2.32. The molecule has 0 radical (unpaired) electrons. The number of hydrogen-bond acceptors (Lipinski definition) is 6. The Labute approximate surface area is 207 Å². The summed E-state index contributed by atoms with van der Waals surface area (Å²) in [6.07, 6.45) is 3.98. The summed E-state index contributed by atoms with van der Waals surface area (Å²) in [5, 5.41) is 0.565. The first-order valence-electron chi connectivity index (χ1n) is 12.1. The van der Waals surface area contributed by atoms with Crippen LogP contribution < -0.4 is 10.4 Å². The predicted molar refractivity (Wildman–Crippen MR) is 133 cm³/mol. The average Bonchev–Trinajstić information content (AvgIpc) is 3.12. The molecule has 5 rings (SSSR count). The number of rotatable bonds is 7. The number of aryl methyl sites for hydroxylation is 1. The van der Waals surface area contributed by atoms with Gasteiger partial charge in [0, 0.05) is 48.8 Å². The minimum atomic E-state index is -0.829. The molecule has 0 saturated carbocycles. The third-order valence-corrected chi connectivity index (χ3v) is 6.62. The normalized spacial score (nSPS) is 16.3. The maximum atomic E-state index is 15.2. The monoisotopic (exact) mass is 497 g/mol. The molecule has 1 atom stereocenters. The fourth-order valence-corrected chi connectivity index (χ4v) is 4.78. The Hall–Kier alpha value is -3.37. The van der Waals surface area contributed by atoms with Gasteiger partial charge in [0.1, 0.15) is 5.82 Å². The van der Waals surface area contributed by atoms with Crippen LogP contribution in [-0.4, -0.2) is 64.5 Å². The van der Waals surface area contributed by atoms with E-state index in [0.29, 0.717) is 41.8 Å². The fourth-order valence-electron chi connectivity index (χ4n) is 4.78. The molecule has 1 unspecified atom stereocenters. The van der Waals surface area contributed by atoms with Gasteiger partial charge in [-0.1, -0.05) is 0 Å². The van der Waals surface area contributed by atoms with Crippen LogP contribution in [0.1, 0.15) is 25.3 Å². The Kier molecular flexibility index (Phi) is 6.72. The summed E-state index contributed by atoms with van der Waals surface area (Å²) in [5.74, 6) is -1.31. The van der Waals surface area contributed by atoms with Crippen LogP contribution in [0.3, 0.4) is 0 Å². The van der Waals surface area contributed by atoms with Crippen LogP contribution >= 0.6 is 0 Å². The van der Waals surface area contributed by atoms with Crippen molar-refractivity contribution in [2.45, 2.75) is 25.3 Å². The second kappa shape index (κ2) is 9.94. The molecule has 0 N–H and O–H groups in total. The summed E-state index contributed by atoms with van der Waals surface area (Å²) in [5.41, 5.74) is 1.51. The molecule has 0 aliphatic carbocycles. The first kappa shape index (κ1) is 24.3. The maximum Gasteiger partial charge on any atom is 0.329 e. The van der Waals surface area contributed by atoms with Gasteiger partial charge in [0.2, 0.25) is 11.8 Å². The first-order valence-corrected chi connectivity index (χ1v) is 12.1. The summed E-state index contributed by atoms with van der Waals surface area (Å²) >= 11 is 0. The van der Waals surface area contributed by atoms with E-state index in [1.54, 1.807) is 23.9 Å². The number of benzene rings is 1. The van der Waals surface area contributed by atoms with Crippen molar-refractivity contribution in [1.82, 2.24) is 24.0 Å². The smallest absolute Gasteiger partial charge is 0.329 e. The highest BCUT2D eigenvalue weighted by Gasteiger charge is 2.25. The highest BCUT2D eigenvalue weighted by atomic mass is 19.1. The van der Waals surface area contributed by atoms with E-state index < -0.39 is 11.8 Å². The number of pyridine rings is 2. The third kappa shape index (κ3) is 4.46. The molecule has 8 nitrogen and oxygen atoms in total. The molecule has 0 amide bonds. The van der Waals surface area contributed by atoms with Crippen molar-refractivity contribution in [2.75, 3.05) is 40.5 Å². The van der Waals surface area contributed by atoms with Crippen LogP contribution in [0.5, 0.6) is 5.88 Å². The Balaban J connectivity index is 1.58. The highest BCUT2D eigenvalue weighted by Crippen LogP contribution is 2.34. The van der Waals surface area contributed by atoms with Crippen molar-refractivity contribution in [1.29, 1.82) is 0 Å². The summed E-state index contributed by atoms with van der Waals surface area (Å²) in [4.78, 5) is 23.5. The molecule has 1 saturated heterocycles. The summed E-state index contributed by atoms with van der Waals surface area (Å²) in [6, 6.07) is 5.69. The van der Waals surface area contributed by atoms with Gasteiger partial charge in [-0.3, -0.25) is 14.1 Å². The molecule has 4 heterocycles. The van der Waals surface area contributed by atoms with E-state index in [1.807, 2.05) is 19.0 Å². The molecule has 0 spiro atoms. The average molecular weight is 498 g/mol. The minimum absolute atomic E-state index is 0.0119. The number of nitrogens with zero attached hydrogens (tertiary/aromatic N) is 5. The van der Waals surface area contributed by atoms with E-state index >= 15 is 8.78 Å². The van der Waals surface area contributed by atoms with Crippen LogP contribution in [0.25, 0.3) is 33.1 Å². The SMILES string of the molecule is CN(C)CCCOc1ccc(-c2cc3c(cc2F)ncc2c3n(C3CCCOC3)c(=O)n2C)c(F)n1. The zero-order valence-corrected chi connectivity index (χ0v) is 20.6. The van der Waals surface area contributed by atoms with Crippen LogP contribution in [0.4, 0.5) is 8.78 Å². The van der Waals surface area contributed by atoms with Crippen molar-refractivity contribution in [3.8, 4) is 17.0 Å². The molecule has 1 fully saturated rings. The number of hydrogen-bond donors (Lipinski definition) is 0. The molecule has 3 aromatic heterocycles. The van der Waals surface area contributed by atoms with Gasteiger partial charge in [-0.05, 0) is 45.5 Å². The second-order valence-corrected chi connectivity index (χ2v) is 9.42. The van der Waals surface area contributed by atoms with Crippen LogP contribution in [0, 0.1) is 11.8 Å². The van der Waals surface area contributed by atoms with Gasteiger partial charge in [-0.15, -0.1) is 0 Å². The number of aromatic nitrogens is 4. The molecule has 36 heavy (non-hydrogen) atoms. The lowest BCUT2D eigenvalue weighted by atomic mass is 10.0. The maximum absolute atomic E-state index is 15.2. The molecule has 10 heteroatoms. The Morgan fingerprint density at radius 1 is 1.22 bits per heavy atom. The van der Waals surface area contributed by atoms with Gasteiger partial charge in [0.15, 0.2) is 0 Å². The predicted octanol–water partition coefficient (Wildman–Crippen LogP) is 3.91. The van der Waals surface area contributed by atoms with Crippen LogP contribution in [0.2, 0.25) is 0 Å². The lowest BCUT2D eigenvalue weighted by Gasteiger charge is -2.23. The molecule has 4 aromatic rings. The number of halogens is 2. The molecule has 1 aliphatic rings. The summed E-state index contributed by atoms with van der Waals surface area (Å²) < 4.78 is 44.7. The van der Waals surface area contributed by atoms with Gasteiger partial charge in [-0.2, -0.15) is 9.37 Å². The topological polar surface area (TPSA) is 74.4 Å². The summed E-state index contributed by atoms with van der Waals surface area (Å²) in [7, 11) is 5.61. The minimum Gasteiger partial charge on any atom is -0.478 e. The van der Waals surface area contributed by atoms with E-state index in [1.165, 1.54) is 22.8 Å². The molecule has 0 bridgehead atoms. The standard InChI is InChI=1S/C26H29F2N5O3/c1-31(2)9-5-11-36-23-8-7-17(25(28)30-23)18-12-19-21(13-20(18)27)29-14-22-24(19)33(26(34)32(22)3)16-6-4-10-35-15-16/h7-8,12-14,16H,4-6,9-11,15H2,1-3H3. The van der Waals surface area contributed by atoms with E-state index in [-0.39, 0.29) is 28.7 Å². The van der Waals surface area contributed by atoms with Crippen molar-refractivity contribution < 1.29 is 18.3 Å². The van der Waals surface area contributed by atoms with E-state index in [2.05, 4.69) is 9.97 Å². The lowest BCUT2D eigenvalue weighted by molar-refractivity contribution is 0.0593. The van der Waals surface area contributed by atoms with E-state index in [0.717, 1.165) is 25.8 Å². The molecule has 1 aliphatic heterocycles. The quantitative estimate of drug-likeness (QED) is 0.285. The zero-order chi connectivity index (χ0) is 25.4. The lowest BCUT2D eigenvalue weighted by Crippen LogP contribution is -2.31. The highest BCUT2D eigenvalue weighted by molar-refractivity contribution is 6.04. The molecular weight excluding hydrogens is 468 g/mol. The molecule has 190 valence electrons. The molecule has 1 aromatic carbocycles. The Morgan fingerprint density at radius 2 is 2.06 bits per heavy atom. The number of ether oxygens (including phenoxy) is 2. The Morgan fingerprint density at radius 3 is 2.78 bits per heavy atom. The Bertz CT molecular complexity index is 1470. The van der Waals surface area contributed by atoms with Gasteiger partial charge in [0.25, 0.3) is 0 Å². The van der Waals surface area contributed by atoms with Gasteiger partial charge in [-0.25, -0.2) is 9.18 Å². The van der Waals surface area contributed by atoms with Gasteiger partial charge >= 0.3 is 5.69 Å². The zero-order valence-electron chi connectivity index (χ0n) is 20.6. The van der Waals surface area contributed by atoms with Crippen LogP contribution in [0.15, 0.2) is 35.3 Å².